The average molecular weight is 467 g/mol. The molecule has 0 heterocycles. The second kappa shape index (κ2) is 10.6. The summed E-state index contributed by atoms with van der Waals surface area (Å²) in [6, 6.07) is 19.0. The molecule has 2 N–H and O–H groups in total. The SMILES string of the molecule is CCOc1ccccc1NC(=O)[C@H](Cc1ccccc1)NS(=O)(=O)c1c(C)cc(C)cc1C. The molecule has 0 aliphatic heterocycles. The fourth-order valence-corrected chi connectivity index (χ4v) is 5.59. The number of sulfonamides is 1. The quantitative estimate of drug-likeness (QED) is 0.485. The van der Waals surface area contributed by atoms with E-state index < -0.39 is 22.0 Å². The highest BCUT2D eigenvalue weighted by Crippen LogP contribution is 2.25. The molecule has 3 aromatic carbocycles. The molecule has 0 saturated carbocycles. The summed E-state index contributed by atoms with van der Waals surface area (Å²) in [4.78, 5) is 13.5. The first-order valence-electron chi connectivity index (χ1n) is 10.9. The molecular formula is C26H30N2O4S. The molecule has 174 valence electrons. The Labute approximate surface area is 196 Å². The van der Waals surface area contributed by atoms with Gasteiger partial charge < -0.3 is 10.1 Å². The van der Waals surface area contributed by atoms with Crippen LogP contribution in [-0.4, -0.2) is 27.0 Å². The zero-order valence-electron chi connectivity index (χ0n) is 19.4. The van der Waals surface area contributed by atoms with Gasteiger partial charge in [-0.3, -0.25) is 4.79 Å². The van der Waals surface area contributed by atoms with Crippen LogP contribution in [0, 0.1) is 20.8 Å². The molecule has 0 saturated heterocycles. The second-order valence-electron chi connectivity index (χ2n) is 8.01. The molecule has 6 nitrogen and oxygen atoms in total. The third kappa shape index (κ3) is 6.21. The Morgan fingerprint density at radius 3 is 2.18 bits per heavy atom. The Morgan fingerprint density at radius 2 is 1.55 bits per heavy atom. The number of ether oxygens (including phenoxy) is 1. The van der Waals surface area contributed by atoms with Gasteiger partial charge in [0.1, 0.15) is 11.8 Å². The summed E-state index contributed by atoms with van der Waals surface area (Å²) in [5, 5.41) is 2.84. The molecule has 0 radical (unpaired) electrons. The van der Waals surface area contributed by atoms with Crippen molar-refractivity contribution in [3.63, 3.8) is 0 Å². The predicted molar refractivity (Wildman–Crippen MR) is 131 cm³/mol. The topological polar surface area (TPSA) is 84.5 Å². The molecule has 0 aliphatic rings. The average Bonchev–Trinajstić information content (AvgIpc) is 2.74. The van der Waals surface area contributed by atoms with Crippen LogP contribution in [0.5, 0.6) is 5.75 Å². The van der Waals surface area contributed by atoms with Gasteiger partial charge in [-0.2, -0.15) is 4.72 Å². The van der Waals surface area contributed by atoms with Crippen LogP contribution in [0.1, 0.15) is 29.2 Å². The van der Waals surface area contributed by atoms with Crippen LogP contribution in [-0.2, 0) is 21.2 Å². The highest BCUT2D eigenvalue weighted by Gasteiger charge is 2.29. The van der Waals surface area contributed by atoms with Crippen LogP contribution < -0.4 is 14.8 Å². The van der Waals surface area contributed by atoms with Crippen molar-refractivity contribution in [3.05, 3.63) is 89.0 Å². The lowest BCUT2D eigenvalue weighted by molar-refractivity contribution is -0.117. The number of carbonyl (C=O) groups excluding carboxylic acids is 1. The van der Waals surface area contributed by atoms with Crippen molar-refractivity contribution in [1.82, 2.24) is 4.72 Å². The second-order valence-corrected chi connectivity index (χ2v) is 9.66. The van der Waals surface area contributed by atoms with Crippen molar-refractivity contribution in [3.8, 4) is 5.75 Å². The minimum Gasteiger partial charge on any atom is -0.492 e. The molecular weight excluding hydrogens is 436 g/mol. The van der Waals surface area contributed by atoms with Gasteiger partial charge in [0.25, 0.3) is 0 Å². The number of nitrogens with one attached hydrogen (secondary N) is 2. The summed E-state index contributed by atoms with van der Waals surface area (Å²) in [6.07, 6.45) is 0.201. The summed E-state index contributed by atoms with van der Waals surface area (Å²) in [7, 11) is -3.96. The maximum atomic E-state index is 13.4. The molecule has 0 fully saturated rings. The van der Waals surface area contributed by atoms with E-state index in [1.54, 1.807) is 32.0 Å². The third-order valence-electron chi connectivity index (χ3n) is 5.21. The maximum Gasteiger partial charge on any atom is 0.243 e. The molecule has 7 heteroatoms. The van der Waals surface area contributed by atoms with Crippen molar-refractivity contribution >= 4 is 21.6 Å². The molecule has 3 aromatic rings. The van der Waals surface area contributed by atoms with Crippen LogP contribution in [0.4, 0.5) is 5.69 Å². The van der Waals surface area contributed by atoms with Gasteiger partial charge in [-0.25, -0.2) is 8.42 Å². The van der Waals surface area contributed by atoms with E-state index in [1.807, 2.05) is 62.4 Å². The van der Waals surface area contributed by atoms with Crippen LogP contribution in [0.25, 0.3) is 0 Å². The summed E-state index contributed by atoms with van der Waals surface area (Å²) in [5.41, 5.74) is 3.59. The smallest absolute Gasteiger partial charge is 0.243 e. The predicted octanol–water partition coefficient (Wildman–Crippen LogP) is 4.54. The minimum absolute atomic E-state index is 0.201. The number of amides is 1. The molecule has 0 unspecified atom stereocenters. The van der Waals surface area contributed by atoms with Crippen molar-refractivity contribution in [2.24, 2.45) is 0 Å². The lowest BCUT2D eigenvalue weighted by atomic mass is 10.1. The van der Waals surface area contributed by atoms with Crippen LogP contribution in [0.15, 0.2) is 71.6 Å². The molecule has 33 heavy (non-hydrogen) atoms. The number of rotatable bonds is 9. The van der Waals surface area contributed by atoms with E-state index in [-0.39, 0.29) is 11.3 Å². The van der Waals surface area contributed by atoms with E-state index in [0.717, 1.165) is 11.1 Å². The van der Waals surface area contributed by atoms with Crippen LogP contribution in [0.2, 0.25) is 0 Å². The number of carbonyl (C=O) groups is 1. The standard InChI is InChI=1S/C26H30N2O4S/c1-5-32-24-14-10-9-13-22(24)27-26(29)23(17-21-11-7-6-8-12-21)28-33(30,31)25-19(3)15-18(2)16-20(25)4/h6-16,23,28H,5,17H2,1-4H3,(H,27,29)/t23-/m0/s1. The minimum atomic E-state index is -3.96. The number of anilines is 1. The van der Waals surface area contributed by atoms with Crippen LogP contribution in [0.3, 0.4) is 0 Å². The molecule has 0 aromatic heterocycles. The molecule has 0 bridgehead atoms. The maximum absolute atomic E-state index is 13.4. The number of hydrogen-bond acceptors (Lipinski definition) is 4. The Bertz CT molecular complexity index is 1200. The van der Waals surface area contributed by atoms with Gasteiger partial charge >= 0.3 is 0 Å². The summed E-state index contributed by atoms with van der Waals surface area (Å²) >= 11 is 0. The highest BCUT2D eigenvalue weighted by atomic mass is 32.2. The van der Waals surface area contributed by atoms with E-state index in [1.165, 1.54) is 0 Å². The summed E-state index contributed by atoms with van der Waals surface area (Å²) in [5.74, 6) is 0.0666. The molecule has 3 rings (SSSR count). The Hall–Kier alpha value is -3.16. The molecule has 0 spiro atoms. The van der Waals surface area contributed by atoms with Crippen molar-refractivity contribution < 1.29 is 17.9 Å². The van der Waals surface area contributed by atoms with Gasteiger partial charge in [-0.15, -0.1) is 0 Å². The van der Waals surface area contributed by atoms with Gasteiger partial charge in [0.05, 0.1) is 17.2 Å². The summed E-state index contributed by atoms with van der Waals surface area (Å²) < 4.78 is 35.0. The van der Waals surface area contributed by atoms with Crippen molar-refractivity contribution in [2.45, 2.75) is 45.1 Å². The fourth-order valence-electron chi connectivity index (χ4n) is 3.95. The van der Waals surface area contributed by atoms with Gasteiger partial charge in [0, 0.05) is 0 Å². The lowest BCUT2D eigenvalue weighted by Gasteiger charge is -2.21. The highest BCUT2D eigenvalue weighted by molar-refractivity contribution is 7.89. The monoisotopic (exact) mass is 466 g/mol. The van der Waals surface area contributed by atoms with Gasteiger partial charge in [-0.05, 0) is 62.9 Å². The molecule has 1 atom stereocenters. The van der Waals surface area contributed by atoms with E-state index in [9.17, 15) is 13.2 Å². The van der Waals surface area contributed by atoms with Crippen molar-refractivity contribution in [1.29, 1.82) is 0 Å². The number of hydrogen-bond donors (Lipinski definition) is 2. The third-order valence-corrected chi connectivity index (χ3v) is 6.99. The largest absolute Gasteiger partial charge is 0.492 e. The Morgan fingerprint density at radius 1 is 0.939 bits per heavy atom. The first-order chi connectivity index (χ1) is 15.7. The first-order valence-corrected chi connectivity index (χ1v) is 12.4. The Balaban J connectivity index is 1.94. The van der Waals surface area contributed by atoms with Crippen molar-refractivity contribution in [2.75, 3.05) is 11.9 Å². The zero-order valence-corrected chi connectivity index (χ0v) is 20.2. The van der Waals surface area contributed by atoms with E-state index in [2.05, 4.69) is 10.0 Å². The lowest BCUT2D eigenvalue weighted by Crippen LogP contribution is -2.45. The van der Waals surface area contributed by atoms with E-state index in [0.29, 0.717) is 29.2 Å². The summed E-state index contributed by atoms with van der Waals surface area (Å²) in [6.45, 7) is 7.75. The van der Waals surface area contributed by atoms with E-state index >= 15 is 0 Å². The Kier molecular flexibility index (Phi) is 7.89. The number of benzene rings is 3. The van der Waals surface area contributed by atoms with Gasteiger partial charge in [-0.1, -0.05) is 60.2 Å². The van der Waals surface area contributed by atoms with Gasteiger partial charge in [0.2, 0.25) is 15.9 Å². The van der Waals surface area contributed by atoms with Crippen LogP contribution >= 0.6 is 0 Å². The molecule has 0 aliphatic carbocycles. The number of aryl methyl sites for hydroxylation is 3. The van der Waals surface area contributed by atoms with Gasteiger partial charge in [0.15, 0.2) is 0 Å². The van der Waals surface area contributed by atoms with E-state index in [4.69, 9.17) is 4.74 Å². The normalized spacial score (nSPS) is 12.2. The zero-order chi connectivity index (χ0) is 24.0. The molecule has 1 amide bonds. The first kappa shape index (κ1) is 24.5. The number of para-hydroxylation sites is 2. The fraction of sp³-hybridized carbons (Fsp3) is 0.269.